The molecule has 0 amide bonds. The van der Waals surface area contributed by atoms with Gasteiger partial charge in [0.05, 0.1) is 6.04 Å². The summed E-state index contributed by atoms with van der Waals surface area (Å²) in [6.07, 6.45) is 4.42. The van der Waals surface area contributed by atoms with Gasteiger partial charge in [-0.2, -0.15) is 0 Å². The highest BCUT2D eigenvalue weighted by molar-refractivity contribution is 7.10. The first-order valence-corrected chi connectivity index (χ1v) is 11.3. The predicted octanol–water partition coefficient (Wildman–Crippen LogP) is 3.35. The van der Waals surface area contributed by atoms with Gasteiger partial charge in [0.2, 0.25) is 0 Å². The summed E-state index contributed by atoms with van der Waals surface area (Å²) in [5.41, 5.74) is 1.19. The van der Waals surface area contributed by atoms with Crippen molar-refractivity contribution in [2.75, 3.05) is 45.7 Å². The van der Waals surface area contributed by atoms with Crippen LogP contribution < -0.4 is 15.5 Å². The first-order chi connectivity index (χ1) is 14.1. The summed E-state index contributed by atoms with van der Waals surface area (Å²) in [7, 11) is 5.84. The molecule has 0 bridgehead atoms. The normalized spacial score (nSPS) is 17.2. The van der Waals surface area contributed by atoms with E-state index < -0.39 is 0 Å². The van der Waals surface area contributed by atoms with Crippen LogP contribution in [0.25, 0.3) is 0 Å². The number of rotatable bonds is 7. The number of guanidine groups is 1. The maximum Gasteiger partial charge on any atom is 0.191 e. The van der Waals surface area contributed by atoms with Crippen molar-refractivity contribution in [1.82, 2.24) is 20.5 Å². The number of pyridine rings is 1. The average molecular weight is 415 g/mol. The molecule has 0 aromatic carbocycles. The Bertz CT molecular complexity index is 765. The lowest BCUT2D eigenvalue weighted by Gasteiger charge is -2.36. The van der Waals surface area contributed by atoms with E-state index in [9.17, 15) is 0 Å². The molecule has 0 spiro atoms. The molecule has 1 aliphatic rings. The third kappa shape index (κ3) is 6.18. The number of hydrogen-bond acceptors (Lipinski definition) is 5. The lowest BCUT2D eigenvalue weighted by atomic mass is 9.97. The van der Waals surface area contributed by atoms with Gasteiger partial charge in [0.15, 0.2) is 5.96 Å². The number of hydrogen-bond donors (Lipinski definition) is 2. The third-order valence-electron chi connectivity index (χ3n) is 5.55. The summed E-state index contributed by atoms with van der Waals surface area (Å²) in [6, 6.07) is 8.94. The molecular formula is C22H34N6S. The van der Waals surface area contributed by atoms with Crippen molar-refractivity contribution >= 4 is 23.1 Å². The molecule has 3 heterocycles. The Balaban J connectivity index is 1.58. The molecule has 0 radical (unpaired) electrons. The van der Waals surface area contributed by atoms with Gasteiger partial charge in [-0.3, -0.25) is 9.89 Å². The highest BCUT2D eigenvalue weighted by Crippen LogP contribution is 2.29. The van der Waals surface area contributed by atoms with E-state index in [1.165, 1.54) is 36.4 Å². The van der Waals surface area contributed by atoms with Gasteiger partial charge in [0, 0.05) is 45.3 Å². The van der Waals surface area contributed by atoms with Crippen molar-refractivity contribution in [1.29, 1.82) is 0 Å². The second kappa shape index (κ2) is 10.6. The quantitative estimate of drug-likeness (QED) is 0.538. The molecular weight excluding hydrogens is 380 g/mol. The number of nitrogens with zero attached hydrogens (tertiary/aromatic N) is 4. The Morgan fingerprint density at radius 1 is 1.31 bits per heavy atom. The molecule has 1 aliphatic heterocycles. The Kier molecular flexibility index (Phi) is 7.89. The molecule has 1 fully saturated rings. The van der Waals surface area contributed by atoms with Crippen molar-refractivity contribution < 1.29 is 0 Å². The summed E-state index contributed by atoms with van der Waals surface area (Å²) in [5, 5.41) is 9.17. The predicted molar refractivity (Wildman–Crippen MR) is 124 cm³/mol. The fourth-order valence-corrected chi connectivity index (χ4v) is 4.51. The summed E-state index contributed by atoms with van der Waals surface area (Å²) < 4.78 is 0. The number of anilines is 1. The highest BCUT2D eigenvalue weighted by Gasteiger charge is 2.25. The minimum Gasteiger partial charge on any atom is -0.363 e. The Hall–Kier alpha value is -2.12. The van der Waals surface area contributed by atoms with Gasteiger partial charge in [-0.25, -0.2) is 4.98 Å². The molecule has 1 unspecified atom stereocenters. The van der Waals surface area contributed by atoms with Crippen LogP contribution in [0.5, 0.6) is 0 Å². The molecule has 2 aromatic rings. The van der Waals surface area contributed by atoms with Gasteiger partial charge in [-0.05, 0) is 61.0 Å². The zero-order chi connectivity index (χ0) is 20.6. The minimum absolute atomic E-state index is 0.391. The number of piperidine rings is 1. The van der Waals surface area contributed by atoms with Crippen LogP contribution in [0.3, 0.4) is 0 Å². The number of aromatic nitrogens is 1. The monoisotopic (exact) mass is 414 g/mol. The van der Waals surface area contributed by atoms with E-state index in [-0.39, 0.29) is 0 Å². The van der Waals surface area contributed by atoms with Gasteiger partial charge in [-0.15, -0.1) is 11.3 Å². The lowest BCUT2D eigenvalue weighted by Crippen LogP contribution is -2.44. The molecule has 158 valence electrons. The molecule has 3 rings (SSSR count). The smallest absolute Gasteiger partial charge is 0.191 e. The maximum absolute atomic E-state index is 4.42. The molecule has 2 N–H and O–H groups in total. The highest BCUT2D eigenvalue weighted by atomic mass is 32.1. The second-order valence-corrected chi connectivity index (χ2v) is 8.95. The molecule has 1 saturated heterocycles. The summed E-state index contributed by atoms with van der Waals surface area (Å²) in [4.78, 5) is 14.9. The number of nitrogens with one attached hydrogen (secondary N) is 2. The van der Waals surface area contributed by atoms with Crippen molar-refractivity contribution in [3.8, 4) is 0 Å². The van der Waals surface area contributed by atoms with Crippen LogP contribution in [0, 0.1) is 5.92 Å². The number of likely N-dealkylation sites (tertiary alicyclic amines) is 1. The van der Waals surface area contributed by atoms with Crippen molar-refractivity contribution in [2.45, 2.75) is 32.4 Å². The molecule has 6 nitrogen and oxygen atoms in total. The number of thiophene rings is 1. The van der Waals surface area contributed by atoms with E-state index >= 15 is 0 Å². The van der Waals surface area contributed by atoms with E-state index in [1.54, 1.807) is 0 Å². The van der Waals surface area contributed by atoms with Crippen molar-refractivity contribution in [3.63, 3.8) is 0 Å². The van der Waals surface area contributed by atoms with Gasteiger partial charge >= 0.3 is 0 Å². The standard InChI is InChI=1S/C22H34N6S/c1-17-8-11-28(12-9-17)19(20-6-5-13-29-20)16-26-22(23-2)25-15-18-7-10-24-21(14-18)27(3)4/h5-7,10,13-14,17,19H,8-9,11-12,15-16H2,1-4H3,(H2,23,25,26). The van der Waals surface area contributed by atoms with Crippen LogP contribution in [0.4, 0.5) is 5.82 Å². The number of aliphatic imine (C=N–C) groups is 1. The Morgan fingerprint density at radius 2 is 2.10 bits per heavy atom. The zero-order valence-corrected chi connectivity index (χ0v) is 18.9. The molecule has 7 heteroatoms. The summed E-state index contributed by atoms with van der Waals surface area (Å²) in [5.74, 6) is 2.63. The molecule has 1 atom stereocenters. The molecule has 0 saturated carbocycles. The van der Waals surface area contributed by atoms with E-state index in [4.69, 9.17) is 0 Å². The van der Waals surface area contributed by atoms with Crippen LogP contribution in [-0.4, -0.2) is 56.6 Å². The minimum atomic E-state index is 0.391. The van der Waals surface area contributed by atoms with E-state index in [1.807, 2.05) is 49.6 Å². The van der Waals surface area contributed by atoms with Gasteiger partial charge < -0.3 is 15.5 Å². The Morgan fingerprint density at radius 3 is 2.76 bits per heavy atom. The lowest BCUT2D eigenvalue weighted by molar-refractivity contribution is 0.140. The van der Waals surface area contributed by atoms with Crippen LogP contribution in [0.15, 0.2) is 40.8 Å². The topological polar surface area (TPSA) is 55.8 Å². The summed E-state index contributed by atoms with van der Waals surface area (Å²) in [6.45, 7) is 6.27. The van der Waals surface area contributed by atoms with E-state index in [0.717, 1.165) is 24.2 Å². The van der Waals surface area contributed by atoms with Crippen LogP contribution >= 0.6 is 11.3 Å². The largest absolute Gasteiger partial charge is 0.363 e. The van der Waals surface area contributed by atoms with Crippen molar-refractivity contribution in [3.05, 3.63) is 46.3 Å². The van der Waals surface area contributed by atoms with Crippen LogP contribution in [0.1, 0.15) is 36.2 Å². The summed E-state index contributed by atoms with van der Waals surface area (Å²) >= 11 is 1.85. The molecule has 0 aliphatic carbocycles. The van der Waals surface area contributed by atoms with Crippen LogP contribution in [0.2, 0.25) is 0 Å². The molecule has 2 aromatic heterocycles. The third-order valence-corrected chi connectivity index (χ3v) is 6.52. The maximum atomic E-state index is 4.42. The SMILES string of the molecule is CN=C(NCc1ccnc(N(C)C)c1)NCC(c1cccs1)N1CCC(C)CC1. The first-order valence-electron chi connectivity index (χ1n) is 10.4. The zero-order valence-electron chi connectivity index (χ0n) is 18.1. The second-order valence-electron chi connectivity index (χ2n) is 7.97. The van der Waals surface area contributed by atoms with Gasteiger partial charge in [-0.1, -0.05) is 13.0 Å². The van der Waals surface area contributed by atoms with Crippen molar-refractivity contribution in [2.24, 2.45) is 10.9 Å². The molecule has 29 heavy (non-hydrogen) atoms. The first kappa shape index (κ1) is 21.6. The van der Waals surface area contributed by atoms with Gasteiger partial charge in [0.1, 0.15) is 5.82 Å². The van der Waals surface area contributed by atoms with E-state index in [0.29, 0.717) is 12.6 Å². The van der Waals surface area contributed by atoms with Gasteiger partial charge in [0.25, 0.3) is 0 Å². The Labute approximate surface area is 179 Å². The average Bonchev–Trinajstić information content (AvgIpc) is 3.26. The fourth-order valence-electron chi connectivity index (χ4n) is 3.65. The fraction of sp³-hybridized carbons (Fsp3) is 0.545. The van der Waals surface area contributed by atoms with Crippen LogP contribution in [-0.2, 0) is 6.54 Å². The van der Waals surface area contributed by atoms with E-state index in [2.05, 4.69) is 56.0 Å².